The molecule has 3 aromatic rings. The molecule has 1 heterocycles. The van der Waals surface area contributed by atoms with Crippen LogP contribution in [0.25, 0.3) is 5.69 Å². The predicted octanol–water partition coefficient (Wildman–Crippen LogP) is 1.28. The van der Waals surface area contributed by atoms with Gasteiger partial charge in [-0.05, 0) is 18.6 Å². The second kappa shape index (κ2) is 8.99. The van der Waals surface area contributed by atoms with Gasteiger partial charge in [-0.3, -0.25) is 24.5 Å². The molecule has 0 radical (unpaired) electrons. The van der Waals surface area contributed by atoms with Crippen LogP contribution in [0.2, 0.25) is 0 Å². The lowest BCUT2D eigenvalue weighted by atomic mass is 10.1. The number of aromatic nitrogens is 2. The Morgan fingerprint density at radius 1 is 1.16 bits per heavy atom. The SMILES string of the molecule is Cc1cc(=O)c(C(=O)NC(Cc2ccccc2)C(N)=O)nn1-c1ccccc1[N+](=O)[O-]. The zero-order chi connectivity index (χ0) is 22.5. The fourth-order valence-corrected chi connectivity index (χ4v) is 3.05. The van der Waals surface area contributed by atoms with Crippen molar-refractivity contribution in [2.24, 2.45) is 5.73 Å². The van der Waals surface area contributed by atoms with E-state index in [4.69, 9.17) is 5.73 Å². The van der Waals surface area contributed by atoms with Gasteiger partial charge in [-0.2, -0.15) is 5.10 Å². The number of hydrogen-bond donors (Lipinski definition) is 2. The van der Waals surface area contributed by atoms with Gasteiger partial charge in [-0.15, -0.1) is 0 Å². The lowest BCUT2D eigenvalue weighted by Gasteiger charge is -2.16. The third-order valence-corrected chi connectivity index (χ3v) is 4.56. The molecule has 2 aromatic carbocycles. The van der Waals surface area contributed by atoms with Crippen LogP contribution in [0.1, 0.15) is 21.7 Å². The van der Waals surface area contributed by atoms with Crippen LogP contribution < -0.4 is 16.5 Å². The summed E-state index contributed by atoms with van der Waals surface area (Å²) in [7, 11) is 0. The van der Waals surface area contributed by atoms with Crippen LogP contribution in [0.5, 0.6) is 0 Å². The highest BCUT2D eigenvalue weighted by Gasteiger charge is 2.24. The number of nitro benzene ring substituents is 1. The lowest BCUT2D eigenvalue weighted by molar-refractivity contribution is -0.384. The van der Waals surface area contributed by atoms with Crippen molar-refractivity contribution in [3.8, 4) is 5.69 Å². The van der Waals surface area contributed by atoms with Crippen LogP contribution in [-0.2, 0) is 11.2 Å². The summed E-state index contributed by atoms with van der Waals surface area (Å²) in [6.07, 6.45) is 0.131. The first kappa shape index (κ1) is 21.4. The minimum atomic E-state index is -1.07. The van der Waals surface area contributed by atoms with Crippen LogP contribution >= 0.6 is 0 Å². The number of benzene rings is 2. The summed E-state index contributed by atoms with van der Waals surface area (Å²) in [5.74, 6) is -1.68. The molecular formula is C21H19N5O5. The van der Waals surface area contributed by atoms with Crippen molar-refractivity contribution in [2.45, 2.75) is 19.4 Å². The van der Waals surface area contributed by atoms with Gasteiger partial charge in [0.25, 0.3) is 11.6 Å². The van der Waals surface area contributed by atoms with Crippen molar-refractivity contribution in [3.63, 3.8) is 0 Å². The van der Waals surface area contributed by atoms with Crippen LogP contribution in [0.3, 0.4) is 0 Å². The van der Waals surface area contributed by atoms with Gasteiger partial charge in [0.2, 0.25) is 11.3 Å². The van der Waals surface area contributed by atoms with Gasteiger partial charge in [0, 0.05) is 24.2 Å². The van der Waals surface area contributed by atoms with Crippen molar-refractivity contribution in [3.05, 3.63) is 98.0 Å². The maximum Gasteiger partial charge on any atom is 0.294 e. The molecule has 1 atom stereocenters. The van der Waals surface area contributed by atoms with Crippen LogP contribution in [0.15, 0.2) is 65.5 Å². The van der Waals surface area contributed by atoms with Crippen LogP contribution in [-0.4, -0.2) is 32.6 Å². The Labute approximate surface area is 176 Å². The molecule has 3 rings (SSSR count). The first-order chi connectivity index (χ1) is 14.8. The largest absolute Gasteiger partial charge is 0.368 e. The number of carbonyl (C=O) groups is 2. The van der Waals surface area contributed by atoms with E-state index in [1.165, 1.54) is 25.1 Å². The first-order valence-corrected chi connectivity index (χ1v) is 9.27. The average Bonchev–Trinajstić information content (AvgIpc) is 2.74. The van der Waals surface area contributed by atoms with Crippen molar-refractivity contribution in [2.75, 3.05) is 0 Å². The van der Waals surface area contributed by atoms with Crippen molar-refractivity contribution in [1.29, 1.82) is 0 Å². The molecule has 0 bridgehead atoms. The molecule has 0 saturated heterocycles. The molecule has 10 heteroatoms. The number of nitrogens with two attached hydrogens (primary N) is 1. The number of nitrogens with zero attached hydrogens (tertiary/aromatic N) is 3. The summed E-state index contributed by atoms with van der Waals surface area (Å²) in [4.78, 5) is 47.8. The summed E-state index contributed by atoms with van der Waals surface area (Å²) < 4.78 is 1.14. The summed E-state index contributed by atoms with van der Waals surface area (Å²) in [6.45, 7) is 1.54. The molecule has 0 saturated carbocycles. The number of aryl methyl sites for hydroxylation is 1. The molecule has 0 aliphatic carbocycles. The summed E-state index contributed by atoms with van der Waals surface area (Å²) in [5, 5.41) is 17.8. The number of rotatable bonds is 7. The fourth-order valence-electron chi connectivity index (χ4n) is 3.05. The highest BCUT2D eigenvalue weighted by molar-refractivity contribution is 5.95. The smallest absolute Gasteiger partial charge is 0.294 e. The van der Waals surface area contributed by atoms with Crippen LogP contribution in [0.4, 0.5) is 5.69 Å². The molecule has 10 nitrogen and oxygen atoms in total. The van der Waals surface area contributed by atoms with Crippen LogP contribution in [0, 0.1) is 17.0 Å². The highest BCUT2D eigenvalue weighted by Crippen LogP contribution is 2.22. The van der Waals surface area contributed by atoms with E-state index in [-0.39, 0.29) is 17.8 Å². The number of primary amides is 1. The summed E-state index contributed by atoms with van der Waals surface area (Å²) in [6, 6.07) is 14.8. The summed E-state index contributed by atoms with van der Waals surface area (Å²) >= 11 is 0. The van der Waals surface area contributed by atoms with Crippen molar-refractivity contribution in [1.82, 2.24) is 15.1 Å². The molecule has 1 aromatic heterocycles. The molecule has 0 aliphatic rings. The number of nitrogens with one attached hydrogen (secondary N) is 1. The zero-order valence-corrected chi connectivity index (χ0v) is 16.5. The Morgan fingerprint density at radius 2 is 1.81 bits per heavy atom. The second-order valence-corrected chi connectivity index (χ2v) is 6.77. The number of nitro groups is 1. The minimum absolute atomic E-state index is 0.0924. The standard InChI is InChI=1S/C21H19N5O5/c1-13-11-18(27)19(24-25(13)16-9-5-6-10-17(16)26(30)31)21(29)23-15(20(22)28)12-14-7-3-2-4-8-14/h2-11,15H,12H2,1H3,(H2,22,28)(H,23,29). The van der Waals surface area contributed by atoms with Gasteiger partial charge < -0.3 is 11.1 Å². The van der Waals surface area contributed by atoms with Crippen molar-refractivity contribution >= 4 is 17.5 Å². The van der Waals surface area contributed by atoms with E-state index in [1.54, 1.807) is 30.3 Å². The first-order valence-electron chi connectivity index (χ1n) is 9.27. The number of hydrogen-bond acceptors (Lipinski definition) is 6. The Hall–Kier alpha value is -4.34. The summed E-state index contributed by atoms with van der Waals surface area (Å²) in [5.41, 5.74) is 5.13. The number of para-hydroxylation sites is 2. The van der Waals surface area contributed by atoms with Gasteiger partial charge in [-0.25, -0.2) is 4.68 Å². The molecular weight excluding hydrogens is 402 g/mol. The Morgan fingerprint density at radius 3 is 2.45 bits per heavy atom. The number of amides is 2. The third-order valence-electron chi connectivity index (χ3n) is 4.56. The molecule has 3 N–H and O–H groups in total. The normalized spacial score (nSPS) is 11.5. The van der Waals surface area contributed by atoms with E-state index < -0.39 is 33.9 Å². The molecule has 2 amide bonds. The fraction of sp³-hybridized carbons (Fsp3) is 0.143. The number of carbonyl (C=O) groups excluding carboxylic acids is 2. The second-order valence-electron chi connectivity index (χ2n) is 6.77. The topological polar surface area (TPSA) is 150 Å². The monoisotopic (exact) mass is 421 g/mol. The maximum atomic E-state index is 12.8. The minimum Gasteiger partial charge on any atom is -0.368 e. The quantitative estimate of drug-likeness (QED) is 0.433. The molecule has 0 fully saturated rings. The Bertz CT molecular complexity index is 1210. The highest BCUT2D eigenvalue weighted by atomic mass is 16.6. The Balaban J connectivity index is 1.96. The van der Waals surface area contributed by atoms with Gasteiger partial charge in [0.05, 0.1) is 4.92 Å². The average molecular weight is 421 g/mol. The van der Waals surface area contributed by atoms with E-state index in [0.717, 1.165) is 16.3 Å². The van der Waals surface area contributed by atoms with E-state index in [1.807, 2.05) is 6.07 Å². The molecule has 0 aliphatic heterocycles. The predicted molar refractivity (Wildman–Crippen MR) is 112 cm³/mol. The molecule has 1 unspecified atom stereocenters. The third kappa shape index (κ3) is 4.81. The van der Waals surface area contributed by atoms with Gasteiger partial charge in [-0.1, -0.05) is 42.5 Å². The van der Waals surface area contributed by atoms with Gasteiger partial charge in [0.15, 0.2) is 5.69 Å². The van der Waals surface area contributed by atoms with E-state index >= 15 is 0 Å². The maximum absolute atomic E-state index is 12.8. The molecule has 0 spiro atoms. The van der Waals surface area contributed by atoms with Gasteiger partial charge >= 0.3 is 0 Å². The Kier molecular flexibility index (Phi) is 6.20. The van der Waals surface area contributed by atoms with E-state index in [9.17, 15) is 24.5 Å². The van der Waals surface area contributed by atoms with Crippen molar-refractivity contribution < 1.29 is 14.5 Å². The zero-order valence-electron chi connectivity index (χ0n) is 16.5. The lowest BCUT2D eigenvalue weighted by Crippen LogP contribution is -2.47. The molecule has 158 valence electrons. The van der Waals surface area contributed by atoms with Gasteiger partial charge in [0.1, 0.15) is 11.7 Å². The van der Waals surface area contributed by atoms with E-state index in [0.29, 0.717) is 5.69 Å². The van der Waals surface area contributed by atoms with E-state index in [2.05, 4.69) is 10.4 Å². The molecule has 31 heavy (non-hydrogen) atoms.